The average molecular weight is 379 g/mol. The fraction of sp³-hybridized carbons (Fsp3) is 0.176. The number of halogens is 2. The smallest absolute Gasteiger partial charge is 0.340 e. The highest BCUT2D eigenvalue weighted by atomic mass is 35.5. The molecular weight excluding hydrogens is 367 g/mol. The molecule has 0 saturated carbocycles. The Labute approximate surface area is 153 Å². The molecule has 0 bridgehead atoms. The molecule has 0 radical (unpaired) electrons. The number of ketones is 1. The predicted octanol–water partition coefficient (Wildman–Crippen LogP) is 3.48. The standard InChI is InChI=1S/C17H12Cl2N2O4/c1-8-11-4-9(2-3-13(11)21-16(8)23)14(22)7-25-17(24)10-5-12(18)15(19)20-6-10/h2-6,8H,7H2,1H3,(H,21,23)/t8-/m0/s1. The summed E-state index contributed by atoms with van der Waals surface area (Å²) in [5.74, 6) is -1.55. The van der Waals surface area contributed by atoms with Crippen molar-refractivity contribution in [3.63, 3.8) is 0 Å². The van der Waals surface area contributed by atoms with Crippen LogP contribution in [0.4, 0.5) is 5.69 Å². The van der Waals surface area contributed by atoms with E-state index in [1.807, 2.05) is 0 Å². The van der Waals surface area contributed by atoms with Gasteiger partial charge in [0.1, 0.15) is 5.15 Å². The quantitative estimate of drug-likeness (QED) is 0.499. The van der Waals surface area contributed by atoms with Gasteiger partial charge >= 0.3 is 5.97 Å². The number of esters is 1. The lowest BCUT2D eigenvalue weighted by molar-refractivity contribution is -0.116. The van der Waals surface area contributed by atoms with Crippen molar-refractivity contribution in [2.75, 3.05) is 11.9 Å². The first-order valence-corrected chi connectivity index (χ1v) is 8.08. The van der Waals surface area contributed by atoms with E-state index in [0.717, 1.165) is 5.56 Å². The number of nitrogens with one attached hydrogen (secondary N) is 1. The van der Waals surface area contributed by atoms with Crippen molar-refractivity contribution in [1.82, 2.24) is 4.98 Å². The lowest BCUT2D eigenvalue weighted by Gasteiger charge is -2.07. The van der Waals surface area contributed by atoms with Crippen molar-refractivity contribution in [2.24, 2.45) is 0 Å². The Hall–Kier alpha value is -2.44. The molecule has 0 spiro atoms. The van der Waals surface area contributed by atoms with Gasteiger partial charge in [0.05, 0.1) is 16.5 Å². The van der Waals surface area contributed by atoms with E-state index in [-0.39, 0.29) is 33.3 Å². The number of aromatic nitrogens is 1. The minimum Gasteiger partial charge on any atom is -0.454 e. The number of ether oxygens (including phenoxy) is 1. The molecule has 0 saturated heterocycles. The van der Waals surface area contributed by atoms with Crippen LogP contribution in [0.1, 0.15) is 39.1 Å². The third-order valence-electron chi connectivity index (χ3n) is 3.86. The second kappa shape index (κ2) is 6.82. The lowest BCUT2D eigenvalue weighted by Crippen LogP contribution is -2.14. The first kappa shape index (κ1) is 17.4. The van der Waals surface area contributed by atoms with E-state index in [1.54, 1.807) is 25.1 Å². The molecule has 2 heterocycles. The number of pyridine rings is 1. The van der Waals surface area contributed by atoms with Gasteiger partial charge < -0.3 is 10.1 Å². The minimum atomic E-state index is -0.731. The van der Waals surface area contributed by atoms with Crippen LogP contribution in [-0.4, -0.2) is 29.3 Å². The highest BCUT2D eigenvalue weighted by Crippen LogP contribution is 2.32. The van der Waals surface area contributed by atoms with Gasteiger partial charge in [-0.3, -0.25) is 9.59 Å². The summed E-state index contributed by atoms with van der Waals surface area (Å²) in [6.45, 7) is 1.32. The summed E-state index contributed by atoms with van der Waals surface area (Å²) in [5, 5.41) is 2.92. The summed E-state index contributed by atoms with van der Waals surface area (Å²) in [6.07, 6.45) is 1.22. The molecule has 1 aliphatic rings. The molecule has 3 rings (SSSR count). The Morgan fingerprint density at radius 3 is 2.72 bits per heavy atom. The van der Waals surface area contributed by atoms with Crippen LogP contribution in [0.15, 0.2) is 30.5 Å². The molecular formula is C17H12Cl2N2O4. The fourth-order valence-electron chi connectivity index (χ4n) is 2.42. The van der Waals surface area contributed by atoms with E-state index in [2.05, 4.69) is 10.3 Å². The maximum absolute atomic E-state index is 12.2. The fourth-order valence-corrected chi connectivity index (χ4v) is 2.69. The second-order valence-electron chi connectivity index (χ2n) is 5.51. The largest absolute Gasteiger partial charge is 0.454 e. The molecule has 1 amide bonds. The Morgan fingerprint density at radius 2 is 2.00 bits per heavy atom. The van der Waals surface area contributed by atoms with Gasteiger partial charge in [-0.25, -0.2) is 9.78 Å². The van der Waals surface area contributed by atoms with Crippen molar-refractivity contribution in [3.05, 3.63) is 57.3 Å². The number of Topliss-reactive ketones (excluding diaryl/α,β-unsaturated/α-hetero) is 1. The number of hydrogen-bond acceptors (Lipinski definition) is 5. The Balaban J connectivity index is 1.68. The third-order valence-corrected chi connectivity index (χ3v) is 4.54. The highest BCUT2D eigenvalue weighted by Gasteiger charge is 2.27. The molecule has 1 N–H and O–H groups in total. The van der Waals surface area contributed by atoms with Crippen LogP contribution < -0.4 is 5.32 Å². The zero-order valence-electron chi connectivity index (χ0n) is 13.0. The number of benzene rings is 1. The van der Waals surface area contributed by atoms with E-state index < -0.39 is 12.6 Å². The normalized spacial score (nSPS) is 15.5. The van der Waals surface area contributed by atoms with Gasteiger partial charge in [0.15, 0.2) is 12.4 Å². The van der Waals surface area contributed by atoms with Crippen molar-refractivity contribution in [1.29, 1.82) is 0 Å². The maximum Gasteiger partial charge on any atom is 0.340 e. The van der Waals surface area contributed by atoms with E-state index in [4.69, 9.17) is 27.9 Å². The molecule has 128 valence electrons. The Morgan fingerprint density at radius 1 is 1.24 bits per heavy atom. The van der Waals surface area contributed by atoms with Crippen LogP contribution in [-0.2, 0) is 9.53 Å². The van der Waals surface area contributed by atoms with Crippen LogP contribution >= 0.6 is 23.2 Å². The molecule has 25 heavy (non-hydrogen) atoms. The van der Waals surface area contributed by atoms with Gasteiger partial charge in [0.2, 0.25) is 5.91 Å². The number of anilines is 1. The number of amides is 1. The summed E-state index contributed by atoms with van der Waals surface area (Å²) < 4.78 is 4.99. The van der Waals surface area contributed by atoms with E-state index in [9.17, 15) is 14.4 Å². The molecule has 0 aliphatic carbocycles. The minimum absolute atomic E-state index is 0.0738. The van der Waals surface area contributed by atoms with E-state index in [1.165, 1.54) is 12.3 Å². The summed E-state index contributed by atoms with van der Waals surface area (Å²) in [7, 11) is 0. The van der Waals surface area contributed by atoms with Gasteiger partial charge in [0.25, 0.3) is 0 Å². The number of nitrogens with zero attached hydrogens (tertiary/aromatic N) is 1. The molecule has 1 aromatic heterocycles. The molecule has 2 aromatic rings. The second-order valence-corrected chi connectivity index (χ2v) is 6.27. The highest BCUT2D eigenvalue weighted by molar-refractivity contribution is 6.41. The predicted molar refractivity (Wildman–Crippen MR) is 92.4 cm³/mol. The van der Waals surface area contributed by atoms with E-state index >= 15 is 0 Å². The first-order chi connectivity index (χ1) is 11.9. The maximum atomic E-state index is 12.2. The van der Waals surface area contributed by atoms with Gasteiger partial charge in [-0.1, -0.05) is 23.2 Å². The SMILES string of the molecule is C[C@@H]1C(=O)Nc2ccc(C(=O)COC(=O)c3cnc(Cl)c(Cl)c3)cc21. The van der Waals surface area contributed by atoms with Crippen molar-refractivity contribution < 1.29 is 19.1 Å². The number of fused-ring (bicyclic) bond motifs is 1. The van der Waals surface area contributed by atoms with E-state index in [0.29, 0.717) is 11.3 Å². The number of rotatable bonds is 4. The lowest BCUT2D eigenvalue weighted by atomic mass is 9.99. The summed E-state index contributed by atoms with van der Waals surface area (Å²) in [5.41, 5.74) is 1.89. The molecule has 1 atom stereocenters. The van der Waals surface area contributed by atoms with Crippen LogP contribution in [0.3, 0.4) is 0 Å². The third kappa shape index (κ3) is 3.50. The Bertz CT molecular complexity index is 898. The topological polar surface area (TPSA) is 85.4 Å². The molecule has 8 heteroatoms. The monoisotopic (exact) mass is 378 g/mol. The van der Waals surface area contributed by atoms with Crippen molar-refractivity contribution in [3.8, 4) is 0 Å². The van der Waals surface area contributed by atoms with Gasteiger partial charge in [-0.15, -0.1) is 0 Å². The number of carbonyl (C=O) groups excluding carboxylic acids is 3. The van der Waals surface area contributed by atoms with Gasteiger partial charge in [-0.05, 0) is 36.8 Å². The summed E-state index contributed by atoms with van der Waals surface area (Å²) in [4.78, 5) is 39.6. The van der Waals surface area contributed by atoms with Gasteiger partial charge in [-0.2, -0.15) is 0 Å². The summed E-state index contributed by atoms with van der Waals surface area (Å²) >= 11 is 11.5. The van der Waals surface area contributed by atoms with Gasteiger partial charge in [0, 0.05) is 17.4 Å². The number of carbonyl (C=O) groups is 3. The van der Waals surface area contributed by atoms with Crippen molar-refractivity contribution >= 4 is 46.5 Å². The zero-order valence-corrected chi connectivity index (χ0v) is 14.5. The molecule has 6 nitrogen and oxygen atoms in total. The van der Waals surface area contributed by atoms with Crippen LogP contribution in [0.25, 0.3) is 0 Å². The van der Waals surface area contributed by atoms with Crippen LogP contribution in [0.5, 0.6) is 0 Å². The summed E-state index contributed by atoms with van der Waals surface area (Å²) in [6, 6.07) is 6.19. The Kier molecular flexibility index (Phi) is 4.74. The number of hydrogen-bond donors (Lipinski definition) is 1. The molecule has 1 aromatic carbocycles. The van der Waals surface area contributed by atoms with Crippen LogP contribution in [0, 0.1) is 0 Å². The zero-order chi connectivity index (χ0) is 18.1. The first-order valence-electron chi connectivity index (χ1n) is 7.33. The molecule has 0 fully saturated rings. The molecule has 1 aliphatic heterocycles. The van der Waals surface area contributed by atoms with Crippen molar-refractivity contribution in [2.45, 2.75) is 12.8 Å². The van der Waals surface area contributed by atoms with Crippen LogP contribution in [0.2, 0.25) is 10.2 Å². The average Bonchev–Trinajstić information content (AvgIpc) is 2.88. The molecule has 0 unspecified atom stereocenters.